The molecule has 5 heteroatoms. The predicted octanol–water partition coefficient (Wildman–Crippen LogP) is 2.32. The van der Waals surface area contributed by atoms with Crippen molar-refractivity contribution in [3.8, 4) is 0 Å². The summed E-state index contributed by atoms with van der Waals surface area (Å²) in [5.74, 6) is -0.501. The molecule has 5 aliphatic rings. The maximum Gasteiger partial charge on any atom is 0.336 e. The molecular formula is C15H20O5. The fourth-order valence-corrected chi connectivity index (χ4v) is 4.46. The zero-order valence-electron chi connectivity index (χ0n) is 11.9. The molecule has 20 heavy (non-hydrogen) atoms. The van der Waals surface area contributed by atoms with Crippen LogP contribution in [0.2, 0.25) is 0 Å². The van der Waals surface area contributed by atoms with E-state index in [0.717, 1.165) is 25.7 Å². The number of rotatable bonds is 0. The van der Waals surface area contributed by atoms with E-state index in [0.29, 0.717) is 11.5 Å². The quantitative estimate of drug-likeness (QED) is 0.387. The molecule has 4 aliphatic heterocycles. The fourth-order valence-electron chi connectivity index (χ4n) is 4.46. The van der Waals surface area contributed by atoms with E-state index in [1.165, 1.54) is 0 Å². The van der Waals surface area contributed by atoms with Crippen molar-refractivity contribution < 1.29 is 24.0 Å². The first-order valence-electron chi connectivity index (χ1n) is 7.41. The average Bonchev–Trinajstić information content (AvgIpc) is 2.63. The summed E-state index contributed by atoms with van der Waals surface area (Å²) in [6.07, 6.45) is 2.95. The van der Waals surface area contributed by atoms with Gasteiger partial charge in [-0.3, -0.25) is 0 Å². The van der Waals surface area contributed by atoms with Gasteiger partial charge >= 0.3 is 5.97 Å². The van der Waals surface area contributed by atoms with Crippen LogP contribution in [0.3, 0.4) is 0 Å². The monoisotopic (exact) mass is 280 g/mol. The Balaban J connectivity index is 1.86. The van der Waals surface area contributed by atoms with Crippen LogP contribution in [0.15, 0.2) is 12.2 Å². The Hall–Kier alpha value is -0.910. The number of fused-ring (bicyclic) bond motifs is 2. The summed E-state index contributed by atoms with van der Waals surface area (Å²) in [6, 6.07) is 0. The third-order valence-electron chi connectivity index (χ3n) is 5.62. The molecular weight excluding hydrogens is 260 g/mol. The second-order valence-electron chi connectivity index (χ2n) is 6.79. The summed E-state index contributed by atoms with van der Waals surface area (Å²) in [7, 11) is 0. The normalized spacial score (nSPS) is 54.1. The zero-order chi connectivity index (χ0) is 14.1. The summed E-state index contributed by atoms with van der Waals surface area (Å²) in [5, 5.41) is 0. The third-order valence-corrected chi connectivity index (χ3v) is 5.62. The Labute approximate surface area is 118 Å². The van der Waals surface area contributed by atoms with E-state index in [2.05, 4.69) is 13.5 Å². The second kappa shape index (κ2) is 3.84. The molecule has 5 rings (SSSR count). The Morgan fingerprint density at radius 1 is 1.25 bits per heavy atom. The van der Waals surface area contributed by atoms with E-state index < -0.39 is 17.7 Å². The maximum atomic E-state index is 12.0. The Kier molecular flexibility index (Phi) is 2.46. The van der Waals surface area contributed by atoms with Crippen molar-refractivity contribution in [3.05, 3.63) is 12.2 Å². The van der Waals surface area contributed by atoms with Gasteiger partial charge in [-0.15, -0.1) is 0 Å². The number of carbonyl (C=O) groups is 1. The van der Waals surface area contributed by atoms with Crippen LogP contribution in [0.25, 0.3) is 0 Å². The minimum absolute atomic E-state index is 0.0717. The molecule has 3 unspecified atom stereocenters. The van der Waals surface area contributed by atoms with E-state index in [1.54, 1.807) is 0 Å². The molecule has 0 radical (unpaired) electrons. The van der Waals surface area contributed by atoms with Gasteiger partial charge in [-0.05, 0) is 32.1 Å². The van der Waals surface area contributed by atoms with Crippen LogP contribution in [-0.4, -0.2) is 23.6 Å². The van der Waals surface area contributed by atoms with E-state index in [-0.39, 0.29) is 17.8 Å². The molecule has 110 valence electrons. The second-order valence-corrected chi connectivity index (χ2v) is 6.79. The van der Waals surface area contributed by atoms with Gasteiger partial charge in [0.25, 0.3) is 0 Å². The lowest BCUT2D eigenvalue weighted by molar-refractivity contribution is -0.554. The largest absolute Gasteiger partial charge is 0.429 e. The van der Waals surface area contributed by atoms with E-state index in [4.69, 9.17) is 19.2 Å². The highest BCUT2D eigenvalue weighted by Crippen LogP contribution is 2.59. The van der Waals surface area contributed by atoms with Crippen molar-refractivity contribution >= 4 is 5.97 Å². The van der Waals surface area contributed by atoms with Crippen molar-refractivity contribution in [2.24, 2.45) is 17.8 Å². The molecule has 1 aliphatic carbocycles. The van der Waals surface area contributed by atoms with Gasteiger partial charge in [0, 0.05) is 23.8 Å². The first kappa shape index (κ1) is 12.8. The highest BCUT2D eigenvalue weighted by atomic mass is 17.3. The molecule has 0 aromatic carbocycles. The average molecular weight is 280 g/mol. The lowest BCUT2D eigenvalue weighted by Gasteiger charge is -2.56. The summed E-state index contributed by atoms with van der Waals surface area (Å²) in [6.45, 7) is 8.00. The fraction of sp³-hybridized carbons (Fsp3) is 0.800. The number of hydrogen-bond donors (Lipinski definition) is 0. The molecule has 6 atom stereocenters. The molecule has 0 N–H and O–H groups in total. The van der Waals surface area contributed by atoms with Gasteiger partial charge in [-0.1, -0.05) is 13.5 Å². The third kappa shape index (κ3) is 1.41. The number of carbonyl (C=O) groups excluding carboxylic acids is 1. The first-order chi connectivity index (χ1) is 9.46. The van der Waals surface area contributed by atoms with Crippen LogP contribution in [-0.2, 0) is 24.0 Å². The number of ether oxygens (including phenoxy) is 2. The van der Waals surface area contributed by atoms with Crippen LogP contribution in [0.5, 0.6) is 0 Å². The van der Waals surface area contributed by atoms with Crippen LogP contribution in [0.1, 0.15) is 39.5 Å². The number of esters is 1. The highest BCUT2D eigenvalue weighted by molar-refractivity contribution is 5.89. The van der Waals surface area contributed by atoms with Gasteiger partial charge in [0.2, 0.25) is 12.1 Å². The molecule has 0 amide bonds. The summed E-state index contributed by atoms with van der Waals surface area (Å²) in [5.41, 5.74) is -0.213. The molecule has 1 spiro atoms. The van der Waals surface area contributed by atoms with Crippen LogP contribution in [0.4, 0.5) is 0 Å². The number of hydrogen-bond acceptors (Lipinski definition) is 5. The Morgan fingerprint density at radius 3 is 2.85 bits per heavy atom. The first-order valence-corrected chi connectivity index (χ1v) is 7.41. The Bertz CT molecular complexity index is 489. The highest BCUT2D eigenvalue weighted by Gasteiger charge is 2.69. The van der Waals surface area contributed by atoms with E-state index in [9.17, 15) is 4.79 Å². The van der Waals surface area contributed by atoms with Crippen LogP contribution in [0, 0.1) is 17.8 Å². The van der Waals surface area contributed by atoms with E-state index >= 15 is 0 Å². The van der Waals surface area contributed by atoms with Crippen molar-refractivity contribution in [1.82, 2.24) is 0 Å². The maximum absolute atomic E-state index is 12.0. The molecule has 1 saturated carbocycles. The standard InChI is InChI=1S/C15H20O5/c1-8-4-5-11-9(2)12(16)17-13-15(11)10(8)6-7-14(3,18-13)19-20-15/h8,10-11,13H,2,4-7H2,1,3H3/t8-,10?,11+,13?,14?,15-/m1/s1. The van der Waals surface area contributed by atoms with Crippen molar-refractivity contribution in [3.63, 3.8) is 0 Å². The molecule has 2 bridgehead atoms. The summed E-state index contributed by atoms with van der Waals surface area (Å²) in [4.78, 5) is 23.5. The van der Waals surface area contributed by atoms with Crippen molar-refractivity contribution in [2.45, 2.75) is 57.2 Å². The summed E-state index contributed by atoms with van der Waals surface area (Å²) >= 11 is 0. The lowest BCUT2D eigenvalue weighted by atomic mass is 9.59. The van der Waals surface area contributed by atoms with Gasteiger partial charge in [-0.2, -0.15) is 0 Å². The SMILES string of the molecule is C=C1C(=O)OC2OC3(C)CCC4[C@H](C)CC[C@@H]1[C@@]24OO3. The molecule has 0 aromatic heterocycles. The van der Waals surface area contributed by atoms with Gasteiger partial charge in [0.1, 0.15) is 0 Å². The van der Waals surface area contributed by atoms with Gasteiger partial charge in [0.15, 0.2) is 5.60 Å². The molecule has 0 aromatic rings. The predicted molar refractivity (Wildman–Crippen MR) is 68.0 cm³/mol. The van der Waals surface area contributed by atoms with Gasteiger partial charge in [0.05, 0.1) is 0 Å². The minimum atomic E-state index is -0.823. The molecule has 4 heterocycles. The van der Waals surface area contributed by atoms with Gasteiger partial charge in [-0.25, -0.2) is 14.6 Å². The minimum Gasteiger partial charge on any atom is -0.429 e. The zero-order valence-corrected chi connectivity index (χ0v) is 11.9. The van der Waals surface area contributed by atoms with Crippen LogP contribution >= 0.6 is 0 Å². The van der Waals surface area contributed by atoms with Crippen LogP contribution < -0.4 is 0 Å². The van der Waals surface area contributed by atoms with E-state index in [1.807, 2.05) is 6.92 Å². The smallest absolute Gasteiger partial charge is 0.336 e. The van der Waals surface area contributed by atoms with Crippen molar-refractivity contribution in [1.29, 1.82) is 0 Å². The molecule has 5 nitrogen and oxygen atoms in total. The molecule has 5 fully saturated rings. The Morgan fingerprint density at radius 2 is 2.05 bits per heavy atom. The lowest BCUT2D eigenvalue weighted by Crippen LogP contribution is -2.68. The van der Waals surface area contributed by atoms with Gasteiger partial charge < -0.3 is 9.47 Å². The van der Waals surface area contributed by atoms with Crippen molar-refractivity contribution in [2.75, 3.05) is 0 Å². The summed E-state index contributed by atoms with van der Waals surface area (Å²) < 4.78 is 11.5. The molecule has 4 saturated heterocycles. The topological polar surface area (TPSA) is 54.0 Å².